The normalized spacial score (nSPS) is 11.7. The molecule has 0 amide bonds. The fraction of sp³-hybridized carbons (Fsp3) is 0.400. The molecule has 1 aromatic rings. The van der Waals surface area contributed by atoms with Crippen LogP contribution in [-0.2, 0) is 14.9 Å². The fourth-order valence-corrected chi connectivity index (χ4v) is 2.65. The molecule has 0 bridgehead atoms. The number of nitrogens with two attached hydrogens (primary N) is 1. The number of hydrogen-bond donors (Lipinski definition) is 2. The van der Waals surface area contributed by atoms with Crippen molar-refractivity contribution in [2.24, 2.45) is 5.90 Å². The van der Waals surface area contributed by atoms with Crippen LogP contribution in [0.4, 0.5) is 4.39 Å². The molecule has 17 heavy (non-hydrogen) atoms. The minimum Gasteiger partial charge on any atom is -0.305 e. The average Bonchev–Trinajstić information content (AvgIpc) is 2.24. The highest BCUT2D eigenvalue weighted by atomic mass is 32.2. The maximum atomic E-state index is 12.8. The monoisotopic (exact) mass is 262 g/mol. The summed E-state index contributed by atoms with van der Waals surface area (Å²) in [5, 5.41) is 0. The Bertz CT molecular complexity index is 476. The standard InChI is InChI=1S/C10H15FN2O3S/c1-8-7-9(11)3-4-10(8)17(14,15)13-5-2-6-16-12/h3-4,7,13H,2,5-6,12H2,1H3. The van der Waals surface area contributed by atoms with Gasteiger partial charge in [-0.25, -0.2) is 23.4 Å². The lowest BCUT2D eigenvalue weighted by Crippen LogP contribution is -2.26. The lowest BCUT2D eigenvalue weighted by atomic mass is 10.2. The van der Waals surface area contributed by atoms with E-state index < -0.39 is 15.8 Å². The molecule has 0 heterocycles. The Balaban J connectivity index is 2.76. The summed E-state index contributed by atoms with van der Waals surface area (Å²) < 4.78 is 38.9. The van der Waals surface area contributed by atoms with Crippen molar-refractivity contribution in [2.45, 2.75) is 18.2 Å². The highest BCUT2D eigenvalue weighted by molar-refractivity contribution is 7.89. The van der Waals surface area contributed by atoms with Crippen molar-refractivity contribution in [3.05, 3.63) is 29.6 Å². The summed E-state index contributed by atoms with van der Waals surface area (Å²) in [4.78, 5) is 4.39. The fourth-order valence-electron chi connectivity index (χ4n) is 1.35. The zero-order valence-corrected chi connectivity index (χ0v) is 10.3. The largest absolute Gasteiger partial charge is 0.305 e. The summed E-state index contributed by atoms with van der Waals surface area (Å²) in [5.74, 6) is 4.35. The van der Waals surface area contributed by atoms with Crippen LogP contribution in [0.2, 0.25) is 0 Å². The number of aryl methyl sites for hydroxylation is 1. The van der Waals surface area contributed by atoms with Gasteiger partial charge in [0, 0.05) is 6.54 Å². The van der Waals surface area contributed by atoms with Gasteiger partial charge < -0.3 is 4.84 Å². The second-order valence-electron chi connectivity index (χ2n) is 3.53. The van der Waals surface area contributed by atoms with E-state index in [0.717, 1.165) is 6.07 Å². The van der Waals surface area contributed by atoms with Crippen LogP contribution in [-0.4, -0.2) is 21.6 Å². The second kappa shape index (κ2) is 6.06. The zero-order chi connectivity index (χ0) is 12.9. The van der Waals surface area contributed by atoms with Gasteiger partial charge >= 0.3 is 0 Å². The average molecular weight is 262 g/mol. The zero-order valence-electron chi connectivity index (χ0n) is 9.44. The third-order valence-electron chi connectivity index (χ3n) is 2.16. The Labute approximate surface area is 99.8 Å². The van der Waals surface area contributed by atoms with E-state index in [0.29, 0.717) is 12.0 Å². The number of rotatable bonds is 6. The van der Waals surface area contributed by atoms with Crippen molar-refractivity contribution in [1.82, 2.24) is 4.72 Å². The van der Waals surface area contributed by atoms with E-state index >= 15 is 0 Å². The van der Waals surface area contributed by atoms with Crippen LogP contribution in [0.15, 0.2) is 23.1 Å². The Kier molecular flexibility index (Phi) is 5.01. The van der Waals surface area contributed by atoms with Crippen LogP contribution in [0.3, 0.4) is 0 Å². The first kappa shape index (κ1) is 14.0. The number of halogens is 1. The van der Waals surface area contributed by atoms with E-state index in [1.54, 1.807) is 6.92 Å². The molecule has 0 aliphatic heterocycles. The summed E-state index contributed by atoms with van der Waals surface area (Å²) in [5.41, 5.74) is 0.368. The third kappa shape index (κ3) is 4.04. The Hall–Kier alpha value is -1.02. The molecule has 1 rings (SSSR count). The molecule has 1 aromatic carbocycles. The topological polar surface area (TPSA) is 81.4 Å². The van der Waals surface area contributed by atoms with Gasteiger partial charge in [-0.15, -0.1) is 0 Å². The Morgan fingerprint density at radius 1 is 1.47 bits per heavy atom. The van der Waals surface area contributed by atoms with Crippen LogP contribution in [0, 0.1) is 12.7 Å². The SMILES string of the molecule is Cc1cc(F)ccc1S(=O)(=O)NCCCON. The van der Waals surface area contributed by atoms with Gasteiger partial charge in [-0.05, 0) is 37.1 Å². The van der Waals surface area contributed by atoms with Crippen molar-refractivity contribution in [3.63, 3.8) is 0 Å². The molecule has 0 spiro atoms. The first-order chi connectivity index (χ1) is 7.97. The molecule has 0 aliphatic carbocycles. The summed E-state index contributed by atoms with van der Waals surface area (Å²) in [6, 6.07) is 3.54. The molecule has 3 N–H and O–H groups in total. The van der Waals surface area contributed by atoms with Gasteiger partial charge in [0.15, 0.2) is 0 Å². The van der Waals surface area contributed by atoms with Gasteiger partial charge in [-0.2, -0.15) is 0 Å². The van der Waals surface area contributed by atoms with E-state index in [2.05, 4.69) is 9.56 Å². The van der Waals surface area contributed by atoms with Crippen LogP contribution in [0.1, 0.15) is 12.0 Å². The molecule has 0 radical (unpaired) electrons. The third-order valence-corrected chi connectivity index (χ3v) is 3.78. The van der Waals surface area contributed by atoms with Crippen LogP contribution in [0.25, 0.3) is 0 Å². The highest BCUT2D eigenvalue weighted by Crippen LogP contribution is 2.15. The van der Waals surface area contributed by atoms with E-state index in [-0.39, 0.29) is 18.0 Å². The van der Waals surface area contributed by atoms with E-state index in [1.807, 2.05) is 0 Å². The number of hydrogen-bond acceptors (Lipinski definition) is 4. The van der Waals surface area contributed by atoms with Crippen molar-refractivity contribution in [1.29, 1.82) is 0 Å². The van der Waals surface area contributed by atoms with Gasteiger partial charge in [0.05, 0.1) is 11.5 Å². The lowest BCUT2D eigenvalue weighted by molar-refractivity contribution is 0.136. The maximum Gasteiger partial charge on any atom is 0.240 e. The number of benzene rings is 1. The van der Waals surface area contributed by atoms with Crippen LogP contribution in [0.5, 0.6) is 0 Å². The predicted molar refractivity (Wildman–Crippen MR) is 61.1 cm³/mol. The van der Waals surface area contributed by atoms with Crippen molar-refractivity contribution >= 4 is 10.0 Å². The molecular formula is C10H15FN2O3S. The summed E-state index contributed by atoms with van der Waals surface area (Å²) in [6.07, 6.45) is 0.468. The summed E-state index contributed by atoms with van der Waals surface area (Å²) in [6.45, 7) is 2.03. The van der Waals surface area contributed by atoms with E-state index in [9.17, 15) is 12.8 Å². The molecule has 0 unspecified atom stereocenters. The van der Waals surface area contributed by atoms with Crippen molar-refractivity contribution in [3.8, 4) is 0 Å². The smallest absolute Gasteiger partial charge is 0.240 e. The molecule has 7 heteroatoms. The van der Waals surface area contributed by atoms with Gasteiger partial charge in [0.2, 0.25) is 10.0 Å². The van der Waals surface area contributed by atoms with Crippen molar-refractivity contribution < 1.29 is 17.6 Å². The quantitative estimate of drug-likeness (QED) is 0.584. The second-order valence-corrected chi connectivity index (χ2v) is 5.27. The summed E-state index contributed by atoms with van der Waals surface area (Å²) >= 11 is 0. The van der Waals surface area contributed by atoms with Crippen molar-refractivity contribution in [2.75, 3.05) is 13.2 Å². The van der Waals surface area contributed by atoms with Gasteiger partial charge in [0.25, 0.3) is 0 Å². The molecule has 96 valence electrons. The van der Waals surface area contributed by atoms with Gasteiger partial charge in [0.1, 0.15) is 5.82 Å². The lowest BCUT2D eigenvalue weighted by Gasteiger charge is -2.08. The van der Waals surface area contributed by atoms with E-state index in [4.69, 9.17) is 5.90 Å². The van der Waals surface area contributed by atoms with E-state index in [1.165, 1.54) is 12.1 Å². The molecule has 0 aliphatic rings. The number of sulfonamides is 1. The molecular weight excluding hydrogens is 247 g/mol. The Morgan fingerprint density at radius 3 is 2.76 bits per heavy atom. The maximum absolute atomic E-state index is 12.8. The molecule has 0 fully saturated rings. The molecule has 0 atom stereocenters. The molecule has 0 saturated heterocycles. The minimum absolute atomic E-state index is 0.0765. The van der Waals surface area contributed by atoms with Gasteiger partial charge in [-0.3, -0.25) is 0 Å². The Morgan fingerprint density at radius 2 is 2.18 bits per heavy atom. The molecule has 0 saturated carbocycles. The molecule has 5 nitrogen and oxygen atoms in total. The molecule has 0 aromatic heterocycles. The highest BCUT2D eigenvalue weighted by Gasteiger charge is 2.16. The van der Waals surface area contributed by atoms with Gasteiger partial charge in [-0.1, -0.05) is 0 Å². The predicted octanol–water partition coefficient (Wildman–Crippen LogP) is 0.693. The minimum atomic E-state index is -3.60. The first-order valence-corrected chi connectivity index (χ1v) is 6.53. The number of nitrogens with one attached hydrogen (secondary N) is 1. The summed E-state index contributed by atoms with van der Waals surface area (Å²) in [7, 11) is -3.60. The van der Waals surface area contributed by atoms with Crippen LogP contribution >= 0.6 is 0 Å². The van der Waals surface area contributed by atoms with Crippen LogP contribution < -0.4 is 10.6 Å². The first-order valence-electron chi connectivity index (χ1n) is 5.05.